The van der Waals surface area contributed by atoms with Gasteiger partial charge >= 0.3 is 0 Å². The summed E-state index contributed by atoms with van der Waals surface area (Å²) in [6, 6.07) is 9.68. The lowest BCUT2D eigenvalue weighted by Gasteiger charge is -2.21. The highest BCUT2D eigenvalue weighted by Gasteiger charge is 2.41. The first-order chi connectivity index (χ1) is 9.04. The first kappa shape index (κ1) is 13.9. The lowest BCUT2D eigenvalue weighted by molar-refractivity contribution is -0.129. The van der Waals surface area contributed by atoms with Gasteiger partial charge in [0.15, 0.2) is 5.17 Å². The third-order valence-corrected chi connectivity index (χ3v) is 3.89. The van der Waals surface area contributed by atoms with Crippen molar-refractivity contribution in [2.45, 2.75) is 32.7 Å². The van der Waals surface area contributed by atoms with Crippen LogP contribution in [0.5, 0.6) is 0 Å². The molecule has 1 aliphatic rings. The van der Waals surface area contributed by atoms with E-state index in [0.29, 0.717) is 0 Å². The van der Waals surface area contributed by atoms with Crippen molar-refractivity contribution in [1.29, 1.82) is 0 Å². The average Bonchev–Trinajstić information content (AvgIpc) is 2.61. The number of amides is 1. The predicted octanol–water partition coefficient (Wildman–Crippen LogP) is 3.13. The minimum Gasteiger partial charge on any atom is -0.289 e. The fourth-order valence-corrected chi connectivity index (χ4v) is 2.67. The van der Waals surface area contributed by atoms with Crippen LogP contribution in [0.2, 0.25) is 0 Å². The molecule has 2 rings (SSSR count). The summed E-state index contributed by atoms with van der Waals surface area (Å²) in [5, 5.41) is 2.32. The molecule has 4 nitrogen and oxygen atoms in total. The Labute approximate surface area is 118 Å². The summed E-state index contributed by atoms with van der Waals surface area (Å²) in [4.78, 5) is 16.9. The van der Waals surface area contributed by atoms with Crippen LogP contribution in [0.4, 0.5) is 5.69 Å². The lowest BCUT2D eigenvalue weighted by atomic mass is 10.1. The van der Waals surface area contributed by atoms with E-state index in [0.717, 1.165) is 23.0 Å². The van der Waals surface area contributed by atoms with Gasteiger partial charge in [-0.1, -0.05) is 36.9 Å². The molecule has 0 atom stereocenters. The quantitative estimate of drug-likeness (QED) is 0.919. The Kier molecular flexibility index (Phi) is 4.14. The van der Waals surface area contributed by atoms with Gasteiger partial charge < -0.3 is 0 Å². The van der Waals surface area contributed by atoms with Crippen LogP contribution in [0.15, 0.2) is 35.3 Å². The number of anilines is 1. The molecule has 1 heterocycles. The predicted molar refractivity (Wildman–Crippen MR) is 81.2 cm³/mol. The number of rotatable bonds is 4. The molecule has 0 unspecified atom stereocenters. The highest BCUT2D eigenvalue weighted by atomic mass is 32.2. The van der Waals surface area contributed by atoms with E-state index in [-0.39, 0.29) is 5.91 Å². The SMILES string of the molecule is CCCSC1=NC(C)(C)C(=O)N1Nc1ccccc1. The minimum absolute atomic E-state index is 0.0186. The fourth-order valence-electron chi connectivity index (χ4n) is 1.73. The van der Waals surface area contributed by atoms with Gasteiger partial charge in [-0.15, -0.1) is 0 Å². The van der Waals surface area contributed by atoms with Gasteiger partial charge in [0.05, 0.1) is 5.69 Å². The Morgan fingerprint density at radius 2 is 2.00 bits per heavy atom. The number of carbonyl (C=O) groups is 1. The van der Waals surface area contributed by atoms with Crippen LogP contribution < -0.4 is 5.43 Å². The molecule has 1 N–H and O–H groups in total. The number of para-hydroxylation sites is 1. The van der Waals surface area contributed by atoms with E-state index in [4.69, 9.17) is 0 Å². The van der Waals surface area contributed by atoms with E-state index in [1.165, 1.54) is 0 Å². The zero-order chi connectivity index (χ0) is 13.9. The van der Waals surface area contributed by atoms with Crippen LogP contribution >= 0.6 is 11.8 Å². The first-order valence-electron chi connectivity index (χ1n) is 6.43. The van der Waals surface area contributed by atoms with Gasteiger partial charge in [0, 0.05) is 5.75 Å². The summed E-state index contributed by atoms with van der Waals surface area (Å²) in [6.07, 6.45) is 1.05. The van der Waals surface area contributed by atoms with Crippen molar-refractivity contribution >= 4 is 28.5 Å². The van der Waals surface area contributed by atoms with Crippen LogP contribution in [0.25, 0.3) is 0 Å². The Hall–Kier alpha value is -1.49. The highest BCUT2D eigenvalue weighted by molar-refractivity contribution is 8.13. The zero-order valence-electron chi connectivity index (χ0n) is 11.5. The summed E-state index contributed by atoms with van der Waals surface area (Å²) in [7, 11) is 0. The zero-order valence-corrected chi connectivity index (χ0v) is 12.3. The molecular weight excluding hydrogens is 258 g/mol. The van der Waals surface area contributed by atoms with Gasteiger partial charge in [-0.2, -0.15) is 5.01 Å². The van der Waals surface area contributed by atoms with Gasteiger partial charge in [-0.05, 0) is 32.4 Å². The van der Waals surface area contributed by atoms with E-state index in [1.807, 2.05) is 44.2 Å². The van der Waals surface area contributed by atoms with Gasteiger partial charge in [0.25, 0.3) is 5.91 Å². The second-order valence-corrected chi connectivity index (χ2v) is 5.98. The van der Waals surface area contributed by atoms with E-state index < -0.39 is 5.54 Å². The lowest BCUT2D eigenvalue weighted by Crippen LogP contribution is -2.42. The molecule has 0 fully saturated rings. The smallest absolute Gasteiger partial charge is 0.274 e. The van der Waals surface area contributed by atoms with E-state index >= 15 is 0 Å². The molecular formula is C14H19N3OS. The number of hydrazine groups is 1. The maximum atomic E-state index is 12.3. The van der Waals surface area contributed by atoms with Crippen molar-refractivity contribution in [1.82, 2.24) is 5.01 Å². The summed E-state index contributed by atoms with van der Waals surface area (Å²) in [6.45, 7) is 5.80. The number of hydrogen-bond donors (Lipinski definition) is 1. The van der Waals surface area contributed by atoms with Crippen LogP contribution in [0.3, 0.4) is 0 Å². The van der Waals surface area contributed by atoms with Crippen LogP contribution in [-0.2, 0) is 4.79 Å². The van der Waals surface area contributed by atoms with Gasteiger partial charge in [-0.25, -0.2) is 4.99 Å². The molecule has 0 spiro atoms. The molecule has 19 heavy (non-hydrogen) atoms. The minimum atomic E-state index is -0.683. The molecule has 0 saturated carbocycles. The molecule has 0 aromatic heterocycles. The number of benzene rings is 1. The normalized spacial score (nSPS) is 17.5. The Balaban J connectivity index is 2.17. The Bertz CT molecular complexity index is 485. The van der Waals surface area contributed by atoms with Crippen molar-refractivity contribution in [3.63, 3.8) is 0 Å². The number of amidine groups is 1. The van der Waals surface area contributed by atoms with Crippen molar-refractivity contribution in [3.05, 3.63) is 30.3 Å². The largest absolute Gasteiger partial charge is 0.289 e. The average molecular weight is 277 g/mol. The molecule has 0 radical (unpaired) electrons. The third-order valence-electron chi connectivity index (χ3n) is 2.74. The first-order valence-corrected chi connectivity index (χ1v) is 7.42. The molecule has 5 heteroatoms. The molecule has 0 saturated heterocycles. The maximum Gasteiger partial charge on any atom is 0.274 e. The molecule has 0 aliphatic carbocycles. The number of carbonyl (C=O) groups excluding carboxylic acids is 1. The Morgan fingerprint density at radius 3 is 2.63 bits per heavy atom. The molecule has 1 aromatic carbocycles. The van der Waals surface area contributed by atoms with Crippen LogP contribution in [-0.4, -0.2) is 27.4 Å². The topological polar surface area (TPSA) is 44.7 Å². The van der Waals surface area contributed by atoms with Gasteiger partial charge in [0.2, 0.25) is 0 Å². The van der Waals surface area contributed by atoms with Crippen LogP contribution in [0.1, 0.15) is 27.2 Å². The van der Waals surface area contributed by atoms with E-state index in [2.05, 4.69) is 17.3 Å². The number of hydrogen-bond acceptors (Lipinski definition) is 4. The molecule has 1 aliphatic heterocycles. The fraction of sp³-hybridized carbons (Fsp3) is 0.429. The number of thioether (sulfide) groups is 1. The molecule has 102 valence electrons. The Morgan fingerprint density at radius 1 is 1.32 bits per heavy atom. The molecule has 0 bridgehead atoms. The summed E-state index contributed by atoms with van der Waals surface area (Å²) < 4.78 is 0. The second kappa shape index (κ2) is 5.65. The number of aliphatic imine (C=N–C) groups is 1. The van der Waals surface area contributed by atoms with Crippen molar-refractivity contribution in [3.8, 4) is 0 Å². The monoisotopic (exact) mass is 277 g/mol. The number of nitrogens with zero attached hydrogens (tertiary/aromatic N) is 2. The summed E-state index contributed by atoms with van der Waals surface area (Å²) in [5.74, 6) is 0.935. The van der Waals surface area contributed by atoms with Crippen molar-refractivity contribution in [2.24, 2.45) is 4.99 Å². The second-order valence-electron chi connectivity index (χ2n) is 4.92. The highest BCUT2D eigenvalue weighted by Crippen LogP contribution is 2.27. The number of nitrogens with one attached hydrogen (secondary N) is 1. The molecule has 1 amide bonds. The van der Waals surface area contributed by atoms with E-state index in [1.54, 1.807) is 16.8 Å². The van der Waals surface area contributed by atoms with Gasteiger partial charge in [0.1, 0.15) is 5.54 Å². The molecule has 1 aromatic rings. The maximum absolute atomic E-state index is 12.3. The standard InChI is InChI=1S/C14H19N3OS/c1-4-10-19-13-15-14(2,3)12(18)17(13)16-11-8-6-5-7-9-11/h5-9,16H,4,10H2,1-3H3. The van der Waals surface area contributed by atoms with Crippen LogP contribution in [0, 0.1) is 0 Å². The summed E-state index contributed by atoms with van der Waals surface area (Å²) >= 11 is 1.61. The van der Waals surface area contributed by atoms with E-state index in [9.17, 15) is 4.79 Å². The van der Waals surface area contributed by atoms with Crippen molar-refractivity contribution in [2.75, 3.05) is 11.2 Å². The summed E-state index contributed by atoms with van der Waals surface area (Å²) in [5.41, 5.74) is 3.34. The third kappa shape index (κ3) is 3.10. The van der Waals surface area contributed by atoms with Crippen molar-refractivity contribution < 1.29 is 4.79 Å². The van der Waals surface area contributed by atoms with Gasteiger partial charge in [-0.3, -0.25) is 10.2 Å².